The lowest BCUT2D eigenvalue weighted by molar-refractivity contribution is 0.0586. The molecule has 1 aliphatic heterocycles. The van der Waals surface area contributed by atoms with Crippen LogP contribution in [0.4, 0.5) is 0 Å². The summed E-state index contributed by atoms with van der Waals surface area (Å²) in [6, 6.07) is 17.5. The quantitative estimate of drug-likeness (QED) is 0.322. The fraction of sp³-hybridized carbons (Fsp3) is 0.267. The van der Waals surface area contributed by atoms with Crippen LogP contribution in [0.5, 0.6) is 23.0 Å². The summed E-state index contributed by atoms with van der Waals surface area (Å²) in [6.07, 6.45) is 0.646. The molecule has 196 valence electrons. The number of amides is 1. The van der Waals surface area contributed by atoms with Gasteiger partial charge in [-0.15, -0.1) is 0 Å². The summed E-state index contributed by atoms with van der Waals surface area (Å²) in [4.78, 5) is 27.5. The van der Waals surface area contributed by atoms with Gasteiger partial charge in [0.15, 0.2) is 11.5 Å². The third-order valence-electron chi connectivity index (χ3n) is 6.93. The second-order valence-electron chi connectivity index (χ2n) is 9.09. The van der Waals surface area contributed by atoms with E-state index >= 15 is 0 Å². The molecule has 0 N–H and O–H groups in total. The van der Waals surface area contributed by atoms with Gasteiger partial charge in [-0.2, -0.15) is 0 Å². The molecule has 3 aromatic carbocycles. The van der Waals surface area contributed by atoms with Crippen molar-refractivity contribution in [2.24, 2.45) is 0 Å². The molecule has 1 amide bonds. The maximum atomic E-state index is 13.8. The van der Waals surface area contributed by atoms with Crippen LogP contribution < -0.4 is 24.6 Å². The van der Waals surface area contributed by atoms with Gasteiger partial charge < -0.3 is 28.3 Å². The average Bonchev–Trinajstić information content (AvgIpc) is 2.94. The fourth-order valence-electron chi connectivity index (χ4n) is 5.00. The van der Waals surface area contributed by atoms with E-state index in [4.69, 9.17) is 23.4 Å². The van der Waals surface area contributed by atoms with Crippen LogP contribution in [-0.2, 0) is 6.42 Å². The molecule has 0 unspecified atom stereocenters. The molecule has 8 nitrogen and oxygen atoms in total. The molecule has 0 saturated carbocycles. The minimum absolute atomic E-state index is 0.156. The van der Waals surface area contributed by atoms with E-state index in [0.717, 1.165) is 22.1 Å². The van der Waals surface area contributed by atoms with Gasteiger partial charge in [0, 0.05) is 24.1 Å². The summed E-state index contributed by atoms with van der Waals surface area (Å²) >= 11 is 0. The first kappa shape index (κ1) is 25.2. The van der Waals surface area contributed by atoms with Crippen molar-refractivity contribution in [3.63, 3.8) is 0 Å². The summed E-state index contributed by atoms with van der Waals surface area (Å²) in [5, 5.41) is 0.838. The Morgan fingerprint density at radius 3 is 2.45 bits per heavy atom. The molecular formula is C30H29NO7. The Hall–Kier alpha value is -4.46. The first-order chi connectivity index (χ1) is 18.4. The molecule has 4 aromatic rings. The molecule has 0 fully saturated rings. The van der Waals surface area contributed by atoms with Crippen LogP contribution >= 0.6 is 0 Å². The van der Waals surface area contributed by atoms with E-state index in [-0.39, 0.29) is 12.5 Å². The monoisotopic (exact) mass is 515 g/mol. The van der Waals surface area contributed by atoms with Gasteiger partial charge in [0.1, 0.15) is 23.7 Å². The highest BCUT2D eigenvalue weighted by molar-refractivity contribution is 5.97. The maximum Gasteiger partial charge on any atom is 0.336 e. The van der Waals surface area contributed by atoms with Crippen LogP contribution in [0.2, 0.25) is 0 Å². The molecule has 0 saturated heterocycles. The molecule has 1 aromatic heterocycles. The molecule has 2 heterocycles. The maximum absolute atomic E-state index is 13.8. The molecule has 0 aliphatic carbocycles. The largest absolute Gasteiger partial charge is 0.496 e. The van der Waals surface area contributed by atoms with Gasteiger partial charge in [-0.05, 0) is 66.4 Å². The topological polar surface area (TPSA) is 87.4 Å². The highest BCUT2D eigenvalue weighted by Crippen LogP contribution is 2.39. The van der Waals surface area contributed by atoms with Gasteiger partial charge in [0.05, 0.1) is 32.9 Å². The first-order valence-corrected chi connectivity index (χ1v) is 12.3. The number of para-hydroxylation sites is 1. The zero-order valence-corrected chi connectivity index (χ0v) is 21.8. The molecular weight excluding hydrogens is 486 g/mol. The van der Waals surface area contributed by atoms with Gasteiger partial charge in [0.25, 0.3) is 5.91 Å². The van der Waals surface area contributed by atoms with E-state index in [1.54, 1.807) is 44.4 Å². The zero-order valence-electron chi connectivity index (χ0n) is 21.8. The zero-order chi connectivity index (χ0) is 26.8. The number of nitrogens with zero attached hydrogens (tertiary/aromatic N) is 1. The number of fused-ring (bicyclic) bond motifs is 2. The summed E-state index contributed by atoms with van der Waals surface area (Å²) in [7, 11) is 4.74. The molecule has 38 heavy (non-hydrogen) atoms. The predicted molar refractivity (Wildman–Crippen MR) is 143 cm³/mol. The van der Waals surface area contributed by atoms with E-state index in [1.807, 2.05) is 43.3 Å². The fourth-order valence-corrected chi connectivity index (χ4v) is 5.00. The third-order valence-corrected chi connectivity index (χ3v) is 6.93. The number of carbonyl (C=O) groups is 1. The van der Waals surface area contributed by atoms with Gasteiger partial charge >= 0.3 is 5.63 Å². The number of methoxy groups -OCH3 is 3. The van der Waals surface area contributed by atoms with Crippen LogP contribution in [0.25, 0.3) is 11.0 Å². The SMILES string of the molecule is COc1cc2c(cc1OC)[C@H](COc1ccc3c(C)cc(=O)oc3c1)N(C(=O)c1ccccc1OC)CC2. The summed E-state index contributed by atoms with van der Waals surface area (Å²) in [5.74, 6) is 2.09. The van der Waals surface area contributed by atoms with Crippen molar-refractivity contribution >= 4 is 16.9 Å². The van der Waals surface area contributed by atoms with Gasteiger partial charge in [-0.1, -0.05) is 12.1 Å². The highest BCUT2D eigenvalue weighted by atomic mass is 16.5. The Kier molecular flexibility index (Phi) is 6.96. The van der Waals surface area contributed by atoms with Crippen LogP contribution in [0.3, 0.4) is 0 Å². The Balaban J connectivity index is 1.53. The molecule has 0 spiro atoms. The van der Waals surface area contributed by atoms with Crippen molar-refractivity contribution < 1.29 is 28.2 Å². The van der Waals surface area contributed by atoms with Gasteiger partial charge in [0.2, 0.25) is 0 Å². The first-order valence-electron chi connectivity index (χ1n) is 12.3. The van der Waals surface area contributed by atoms with E-state index in [1.165, 1.54) is 6.07 Å². The standard InChI is InChI=1S/C30H29NO7/c1-18-13-29(32)38-26-15-20(9-10-21(18)26)37-17-24-23-16-28(36-4)27(35-3)14-19(23)11-12-31(24)30(33)22-7-5-6-8-25(22)34-2/h5-10,13-16,24H,11-12,17H2,1-4H3/t24-/m0/s1. The Bertz CT molecular complexity index is 1560. The number of rotatable bonds is 7. The number of carbonyl (C=O) groups excluding carboxylic acids is 1. The van der Waals surface area contributed by atoms with Crippen molar-refractivity contribution in [3.05, 3.63) is 93.3 Å². The molecule has 1 aliphatic rings. The summed E-state index contributed by atoms with van der Waals surface area (Å²) in [5.41, 5.74) is 3.32. The average molecular weight is 516 g/mol. The Morgan fingerprint density at radius 2 is 1.68 bits per heavy atom. The number of hydrogen-bond acceptors (Lipinski definition) is 7. The van der Waals surface area contributed by atoms with Gasteiger partial charge in [-0.25, -0.2) is 4.79 Å². The van der Waals surface area contributed by atoms with Crippen LogP contribution in [-0.4, -0.2) is 45.3 Å². The molecule has 8 heteroatoms. The second kappa shape index (κ2) is 10.5. The number of ether oxygens (including phenoxy) is 4. The van der Waals surface area contributed by atoms with E-state index in [2.05, 4.69) is 0 Å². The van der Waals surface area contributed by atoms with Crippen molar-refractivity contribution in [1.82, 2.24) is 4.90 Å². The smallest absolute Gasteiger partial charge is 0.336 e. The van der Waals surface area contributed by atoms with E-state index < -0.39 is 11.7 Å². The van der Waals surface area contributed by atoms with Crippen molar-refractivity contribution in [1.29, 1.82) is 0 Å². The third kappa shape index (κ3) is 4.65. The lowest BCUT2D eigenvalue weighted by Gasteiger charge is -2.38. The van der Waals surface area contributed by atoms with Crippen LogP contribution in [0.1, 0.15) is 33.1 Å². The molecule has 5 rings (SSSR count). The second-order valence-corrected chi connectivity index (χ2v) is 9.09. The summed E-state index contributed by atoms with van der Waals surface area (Å²) < 4.78 is 28.2. The minimum atomic E-state index is -0.420. The van der Waals surface area contributed by atoms with Crippen molar-refractivity contribution in [2.45, 2.75) is 19.4 Å². The normalized spacial score (nSPS) is 14.6. The van der Waals surface area contributed by atoms with E-state index in [0.29, 0.717) is 47.1 Å². The van der Waals surface area contributed by atoms with Crippen LogP contribution in [0, 0.1) is 6.92 Å². The Labute approximate surface area is 220 Å². The molecule has 0 bridgehead atoms. The number of aryl methyl sites for hydroxylation is 1. The van der Waals surface area contributed by atoms with Crippen LogP contribution in [0.15, 0.2) is 69.9 Å². The lowest BCUT2D eigenvalue weighted by atomic mass is 9.91. The Morgan fingerprint density at radius 1 is 0.947 bits per heavy atom. The van der Waals surface area contributed by atoms with Gasteiger partial charge in [-0.3, -0.25) is 4.79 Å². The number of benzene rings is 3. The highest BCUT2D eigenvalue weighted by Gasteiger charge is 2.34. The predicted octanol–water partition coefficient (Wildman–Crippen LogP) is 4.95. The lowest BCUT2D eigenvalue weighted by Crippen LogP contribution is -2.42. The van der Waals surface area contributed by atoms with E-state index in [9.17, 15) is 9.59 Å². The summed E-state index contributed by atoms with van der Waals surface area (Å²) in [6.45, 7) is 2.52. The molecule has 1 atom stereocenters. The molecule has 0 radical (unpaired) electrons. The van der Waals surface area contributed by atoms with Crippen molar-refractivity contribution in [3.8, 4) is 23.0 Å². The van der Waals surface area contributed by atoms with Crippen molar-refractivity contribution in [2.75, 3.05) is 34.5 Å². The number of hydrogen-bond donors (Lipinski definition) is 0. The minimum Gasteiger partial charge on any atom is -0.496 e.